The molecule has 3 aromatic carbocycles. The van der Waals surface area contributed by atoms with Crippen molar-refractivity contribution in [2.45, 2.75) is 46.0 Å². The van der Waals surface area contributed by atoms with Crippen LogP contribution in [-0.2, 0) is 11.2 Å². The molecule has 6 rings (SSSR count). The highest BCUT2D eigenvalue weighted by Crippen LogP contribution is 2.31. The second kappa shape index (κ2) is 12.3. The largest absolute Gasteiger partial charge is 0.354 e. The molecule has 1 fully saturated rings. The van der Waals surface area contributed by atoms with Crippen LogP contribution in [0, 0.1) is 19.7 Å². The molecule has 0 spiro atoms. The third kappa shape index (κ3) is 6.00. The Bertz CT molecular complexity index is 1720. The molecule has 2 aromatic heterocycles. The Morgan fingerprint density at radius 2 is 1.63 bits per heavy atom. The van der Waals surface area contributed by atoms with Gasteiger partial charge >= 0.3 is 0 Å². The number of carbonyl (C=O) groups is 1. The van der Waals surface area contributed by atoms with Gasteiger partial charge in [-0.2, -0.15) is 5.10 Å². The highest BCUT2D eigenvalue weighted by atomic mass is 19.1. The van der Waals surface area contributed by atoms with Crippen molar-refractivity contribution in [3.63, 3.8) is 0 Å². The van der Waals surface area contributed by atoms with Crippen molar-refractivity contribution >= 4 is 22.8 Å². The van der Waals surface area contributed by atoms with E-state index in [1.807, 2.05) is 42.2 Å². The lowest BCUT2D eigenvalue weighted by Gasteiger charge is -2.26. The molecule has 1 amide bonds. The van der Waals surface area contributed by atoms with Gasteiger partial charge in [-0.25, -0.2) is 19.0 Å². The highest BCUT2D eigenvalue weighted by Gasteiger charge is 2.28. The van der Waals surface area contributed by atoms with E-state index in [0.717, 1.165) is 53.1 Å². The van der Waals surface area contributed by atoms with Gasteiger partial charge in [0.15, 0.2) is 5.65 Å². The summed E-state index contributed by atoms with van der Waals surface area (Å²) >= 11 is 0. The van der Waals surface area contributed by atoms with Crippen molar-refractivity contribution in [2.24, 2.45) is 0 Å². The quantitative estimate of drug-likeness (QED) is 0.225. The van der Waals surface area contributed by atoms with Gasteiger partial charge in [0.25, 0.3) is 0 Å². The van der Waals surface area contributed by atoms with Crippen molar-refractivity contribution in [1.82, 2.24) is 24.6 Å². The van der Waals surface area contributed by atoms with Gasteiger partial charge in [-0.05, 0) is 62.1 Å². The molecule has 0 aliphatic carbocycles. The number of rotatable bonds is 7. The van der Waals surface area contributed by atoms with Crippen molar-refractivity contribution in [2.75, 3.05) is 31.1 Å². The fraction of sp³-hybridized carbons (Fsp3) is 0.314. The summed E-state index contributed by atoms with van der Waals surface area (Å²) in [5, 5.41) is 5.72. The van der Waals surface area contributed by atoms with Crippen molar-refractivity contribution < 1.29 is 9.18 Å². The Morgan fingerprint density at radius 1 is 0.884 bits per heavy atom. The summed E-state index contributed by atoms with van der Waals surface area (Å²) in [7, 11) is 0. The number of fused-ring (bicyclic) bond motifs is 1. The molecule has 43 heavy (non-hydrogen) atoms. The van der Waals surface area contributed by atoms with Gasteiger partial charge in [0.2, 0.25) is 5.91 Å². The van der Waals surface area contributed by atoms with Gasteiger partial charge in [0, 0.05) is 32.6 Å². The third-order valence-electron chi connectivity index (χ3n) is 8.30. The molecule has 8 heteroatoms. The highest BCUT2D eigenvalue weighted by molar-refractivity contribution is 5.91. The predicted molar refractivity (Wildman–Crippen MR) is 168 cm³/mol. The fourth-order valence-electron chi connectivity index (χ4n) is 5.97. The summed E-state index contributed by atoms with van der Waals surface area (Å²) in [6.45, 7) is 8.87. The minimum atomic E-state index is -0.298. The van der Waals surface area contributed by atoms with Gasteiger partial charge in [0.05, 0.1) is 22.7 Å². The maximum atomic E-state index is 13.8. The average Bonchev–Trinajstić information content (AvgIpc) is 3.18. The maximum absolute atomic E-state index is 13.8. The second-order valence-electron chi connectivity index (χ2n) is 11.3. The van der Waals surface area contributed by atoms with Gasteiger partial charge < -0.3 is 9.80 Å². The zero-order valence-electron chi connectivity index (χ0n) is 25.0. The van der Waals surface area contributed by atoms with Crippen LogP contribution in [0.4, 0.5) is 10.2 Å². The van der Waals surface area contributed by atoms with Crippen LogP contribution in [0.3, 0.4) is 0 Å². The number of anilines is 1. The van der Waals surface area contributed by atoms with Gasteiger partial charge in [0.1, 0.15) is 17.5 Å². The summed E-state index contributed by atoms with van der Waals surface area (Å²) in [4.78, 5) is 28.1. The van der Waals surface area contributed by atoms with Crippen LogP contribution in [0.15, 0.2) is 78.9 Å². The predicted octanol–water partition coefficient (Wildman–Crippen LogP) is 6.39. The second-order valence-corrected chi connectivity index (χ2v) is 11.3. The third-order valence-corrected chi connectivity index (χ3v) is 8.30. The van der Waals surface area contributed by atoms with Crippen LogP contribution in [0.2, 0.25) is 0 Å². The van der Waals surface area contributed by atoms with Crippen LogP contribution in [0.5, 0.6) is 0 Å². The zero-order chi connectivity index (χ0) is 29.9. The average molecular weight is 577 g/mol. The lowest BCUT2D eigenvalue weighted by molar-refractivity contribution is -0.132. The van der Waals surface area contributed by atoms with Gasteiger partial charge in [-0.15, -0.1) is 0 Å². The number of benzene rings is 3. The topological polar surface area (TPSA) is 67.2 Å². The summed E-state index contributed by atoms with van der Waals surface area (Å²) in [6, 6.07) is 24.8. The maximum Gasteiger partial charge on any atom is 0.230 e. The standard InChI is InChI=1S/C35H37FN6O/c1-4-30(27-9-6-5-7-10-27)35(43)41-20-8-19-40(21-22-41)33-32-25(3)39-42(29-17-15-28(36)16-18-29)34(32)38-31(37-33)23-26-13-11-24(2)12-14-26/h5-7,9-18,30H,4,8,19-23H2,1-3H3. The molecule has 1 atom stereocenters. The molecular weight excluding hydrogens is 539 g/mol. The Morgan fingerprint density at radius 3 is 2.35 bits per heavy atom. The number of hydrogen-bond acceptors (Lipinski definition) is 5. The van der Waals surface area contributed by atoms with Gasteiger partial charge in [-0.1, -0.05) is 67.1 Å². The molecule has 1 aliphatic heterocycles. The number of amides is 1. The normalized spacial score (nSPS) is 14.6. The fourth-order valence-corrected chi connectivity index (χ4v) is 5.97. The SMILES string of the molecule is CCC(C(=O)N1CCCN(c2nc(Cc3ccc(C)cc3)nc3c2c(C)nn3-c2ccc(F)cc2)CC1)c1ccccc1. The lowest BCUT2D eigenvalue weighted by atomic mass is 9.95. The van der Waals surface area contributed by atoms with E-state index in [9.17, 15) is 9.18 Å². The molecule has 220 valence electrons. The van der Waals surface area contributed by atoms with Crippen LogP contribution < -0.4 is 4.90 Å². The number of carbonyl (C=O) groups excluding carboxylic acids is 1. The van der Waals surface area contributed by atoms with Crippen LogP contribution in [-0.4, -0.2) is 56.7 Å². The van der Waals surface area contributed by atoms with E-state index in [1.165, 1.54) is 17.7 Å². The van der Waals surface area contributed by atoms with Crippen LogP contribution in [0.1, 0.15) is 53.9 Å². The van der Waals surface area contributed by atoms with Crippen molar-refractivity contribution in [3.05, 3.63) is 113 Å². The lowest BCUT2D eigenvalue weighted by Crippen LogP contribution is -2.38. The van der Waals surface area contributed by atoms with Crippen molar-refractivity contribution in [1.29, 1.82) is 0 Å². The number of nitrogens with zero attached hydrogens (tertiary/aromatic N) is 6. The van der Waals surface area contributed by atoms with E-state index in [1.54, 1.807) is 16.8 Å². The minimum absolute atomic E-state index is 0.143. The van der Waals surface area contributed by atoms with E-state index < -0.39 is 0 Å². The van der Waals surface area contributed by atoms with Crippen LogP contribution >= 0.6 is 0 Å². The molecule has 0 N–H and O–H groups in total. The van der Waals surface area contributed by atoms with E-state index in [0.29, 0.717) is 37.5 Å². The molecule has 1 saturated heterocycles. The van der Waals surface area contributed by atoms with E-state index in [2.05, 4.69) is 43.0 Å². The summed E-state index contributed by atoms with van der Waals surface area (Å²) in [5.74, 6) is 1.28. The molecule has 0 radical (unpaired) electrons. The Kier molecular flexibility index (Phi) is 8.18. The first-order chi connectivity index (χ1) is 20.9. The molecule has 0 saturated carbocycles. The molecular formula is C35H37FN6O. The number of halogens is 1. The Labute approximate surface area is 252 Å². The van der Waals surface area contributed by atoms with Crippen molar-refractivity contribution in [3.8, 4) is 5.69 Å². The van der Waals surface area contributed by atoms with E-state index in [4.69, 9.17) is 15.1 Å². The monoisotopic (exact) mass is 576 g/mol. The summed E-state index contributed by atoms with van der Waals surface area (Å²) in [6.07, 6.45) is 2.17. The first-order valence-electron chi connectivity index (χ1n) is 15.1. The molecule has 3 heterocycles. The molecule has 1 aliphatic rings. The molecule has 5 aromatic rings. The first-order valence-corrected chi connectivity index (χ1v) is 15.1. The Balaban J connectivity index is 1.35. The van der Waals surface area contributed by atoms with E-state index in [-0.39, 0.29) is 17.6 Å². The Hall–Kier alpha value is -4.59. The summed E-state index contributed by atoms with van der Waals surface area (Å²) < 4.78 is 15.6. The first kappa shape index (κ1) is 28.5. The van der Waals surface area contributed by atoms with E-state index >= 15 is 0 Å². The zero-order valence-corrected chi connectivity index (χ0v) is 25.0. The molecule has 0 bridgehead atoms. The molecule has 7 nitrogen and oxygen atoms in total. The number of aromatic nitrogens is 4. The number of aryl methyl sites for hydroxylation is 2. The molecule has 1 unspecified atom stereocenters. The van der Waals surface area contributed by atoms with Crippen LogP contribution in [0.25, 0.3) is 16.7 Å². The minimum Gasteiger partial charge on any atom is -0.354 e. The smallest absolute Gasteiger partial charge is 0.230 e. The van der Waals surface area contributed by atoms with Gasteiger partial charge in [-0.3, -0.25) is 4.79 Å². The number of hydrogen-bond donors (Lipinski definition) is 0. The summed E-state index contributed by atoms with van der Waals surface area (Å²) in [5.41, 5.74) is 5.64.